The van der Waals surface area contributed by atoms with Crippen molar-refractivity contribution in [3.63, 3.8) is 0 Å². The molecule has 1 N–H and O–H groups in total. The monoisotopic (exact) mass is 319 g/mol. The predicted molar refractivity (Wildman–Crippen MR) is 96.0 cm³/mol. The van der Waals surface area contributed by atoms with Gasteiger partial charge in [0.25, 0.3) is 0 Å². The number of fused-ring (bicyclic) bond motifs is 3. The molecule has 4 aromatic rings. The summed E-state index contributed by atoms with van der Waals surface area (Å²) in [5.41, 5.74) is 5.34. The molecule has 1 heterocycles. The van der Waals surface area contributed by atoms with E-state index in [1.54, 1.807) is 6.07 Å². The molecule has 0 fully saturated rings. The van der Waals surface area contributed by atoms with E-state index >= 15 is 0 Å². The van der Waals surface area contributed by atoms with Gasteiger partial charge >= 0.3 is 0 Å². The van der Waals surface area contributed by atoms with Crippen LogP contribution in [0.4, 0.5) is 4.39 Å². The standard InChI is InChI=1S/C21H18FNO/c1-13-6-7-17-18-8-9-20(14(2)21(18)23-19(17)10-13)24-12-15-4-3-5-16(22)11-15/h3-11,23H,12H2,1-2H3. The fourth-order valence-electron chi connectivity index (χ4n) is 3.15. The van der Waals surface area contributed by atoms with Gasteiger partial charge in [-0.1, -0.05) is 24.3 Å². The molecule has 120 valence electrons. The fraction of sp³-hybridized carbons (Fsp3) is 0.143. The van der Waals surface area contributed by atoms with E-state index in [4.69, 9.17) is 4.74 Å². The van der Waals surface area contributed by atoms with Crippen LogP contribution in [-0.4, -0.2) is 4.98 Å². The molecule has 0 aliphatic heterocycles. The lowest BCUT2D eigenvalue weighted by Gasteiger charge is -2.10. The Hall–Kier alpha value is -2.81. The normalized spacial score (nSPS) is 11.3. The minimum Gasteiger partial charge on any atom is -0.489 e. The second kappa shape index (κ2) is 5.68. The molecule has 3 aromatic carbocycles. The van der Waals surface area contributed by atoms with Crippen LogP contribution in [0.15, 0.2) is 54.6 Å². The van der Waals surface area contributed by atoms with Gasteiger partial charge in [-0.3, -0.25) is 0 Å². The molecule has 0 spiro atoms. The molecule has 0 bridgehead atoms. The maximum Gasteiger partial charge on any atom is 0.124 e. The lowest BCUT2D eigenvalue weighted by Crippen LogP contribution is -1.97. The summed E-state index contributed by atoms with van der Waals surface area (Å²) in [4.78, 5) is 3.49. The van der Waals surface area contributed by atoms with Crippen LogP contribution in [-0.2, 0) is 6.61 Å². The van der Waals surface area contributed by atoms with Crippen molar-refractivity contribution in [2.24, 2.45) is 0 Å². The third-order valence-corrected chi connectivity index (χ3v) is 4.42. The number of aromatic nitrogens is 1. The Kier molecular flexibility index (Phi) is 3.49. The summed E-state index contributed by atoms with van der Waals surface area (Å²) in [6.07, 6.45) is 0. The number of H-pyrrole nitrogens is 1. The number of aromatic amines is 1. The summed E-state index contributed by atoms with van der Waals surface area (Å²) < 4.78 is 19.2. The second-order valence-corrected chi connectivity index (χ2v) is 6.20. The molecule has 0 aliphatic rings. The lowest BCUT2D eigenvalue weighted by molar-refractivity contribution is 0.304. The van der Waals surface area contributed by atoms with Gasteiger partial charge in [-0.2, -0.15) is 0 Å². The molecule has 2 nitrogen and oxygen atoms in total. The van der Waals surface area contributed by atoms with E-state index in [0.717, 1.165) is 27.9 Å². The van der Waals surface area contributed by atoms with Crippen molar-refractivity contribution in [2.45, 2.75) is 20.5 Å². The molecule has 0 unspecified atom stereocenters. The van der Waals surface area contributed by atoms with Crippen LogP contribution in [0.1, 0.15) is 16.7 Å². The zero-order chi connectivity index (χ0) is 16.7. The molecule has 0 saturated carbocycles. The number of aryl methyl sites for hydroxylation is 2. The van der Waals surface area contributed by atoms with Crippen LogP contribution in [0.25, 0.3) is 21.8 Å². The molecule has 0 radical (unpaired) electrons. The van der Waals surface area contributed by atoms with Gasteiger partial charge in [0.15, 0.2) is 0 Å². The van der Waals surface area contributed by atoms with Gasteiger partial charge in [0, 0.05) is 21.9 Å². The number of benzene rings is 3. The van der Waals surface area contributed by atoms with Crippen LogP contribution < -0.4 is 4.74 Å². The van der Waals surface area contributed by atoms with E-state index in [1.165, 1.54) is 28.5 Å². The summed E-state index contributed by atoms with van der Waals surface area (Å²) in [5, 5.41) is 2.41. The van der Waals surface area contributed by atoms with E-state index in [1.807, 2.05) is 19.1 Å². The first kappa shape index (κ1) is 14.8. The van der Waals surface area contributed by atoms with Crippen molar-refractivity contribution < 1.29 is 9.13 Å². The largest absolute Gasteiger partial charge is 0.489 e. The summed E-state index contributed by atoms with van der Waals surface area (Å²) in [6, 6.07) is 17.0. The lowest BCUT2D eigenvalue weighted by atomic mass is 10.1. The minimum absolute atomic E-state index is 0.241. The molecule has 24 heavy (non-hydrogen) atoms. The Balaban J connectivity index is 1.71. The van der Waals surface area contributed by atoms with Gasteiger partial charge in [0.1, 0.15) is 18.2 Å². The Morgan fingerprint density at radius 2 is 1.79 bits per heavy atom. The third kappa shape index (κ3) is 2.52. The van der Waals surface area contributed by atoms with Crippen LogP contribution in [0.3, 0.4) is 0 Å². The molecule has 1 aromatic heterocycles. The summed E-state index contributed by atoms with van der Waals surface area (Å²) in [6.45, 7) is 4.49. The van der Waals surface area contributed by atoms with Crippen molar-refractivity contribution in [1.82, 2.24) is 4.98 Å². The highest BCUT2D eigenvalue weighted by molar-refractivity contribution is 6.08. The zero-order valence-corrected chi connectivity index (χ0v) is 13.7. The summed E-state index contributed by atoms with van der Waals surface area (Å²) in [5.74, 6) is 0.573. The first-order valence-electron chi connectivity index (χ1n) is 8.01. The topological polar surface area (TPSA) is 25.0 Å². The average molecular weight is 319 g/mol. The number of ether oxygens (including phenoxy) is 1. The van der Waals surface area contributed by atoms with Crippen LogP contribution in [0.2, 0.25) is 0 Å². The van der Waals surface area contributed by atoms with Crippen molar-refractivity contribution >= 4 is 21.8 Å². The highest BCUT2D eigenvalue weighted by atomic mass is 19.1. The SMILES string of the molecule is Cc1ccc2c(c1)[nH]c1c(C)c(OCc3cccc(F)c3)ccc12. The average Bonchev–Trinajstić information content (AvgIpc) is 2.93. The van der Waals surface area contributed by atoms with E-state index < -0.39 is 0 Å². The zero-order valence-electron chi connectivity index (χ0n) is 13.7. The molecule has 0 aliphatic carbocycles. The maximum atomic E-state index is 13.3. The predicted octanol–water partition coefficient (Wildman–Crippen LogP) is 5.66. The molecule has 0 atom stereocenters. The second-order valence-electron chi connectivity index (χ2n) is 6.20. The van der Waals surface area contributed by atoms with Crippen molar-refractivity contribution in [3.8, 4) is 5.75 Å². The summed E-state index contributed by atoms with van der Waals surface area (Å²) >= 11 is 0. The van der Waals surface area contributed by atoms with E-state index in [9.17, 15) is 4.39 Å². The molecule has 0 saturated heterocycles. The third-order valence-electron chi connectivity index (χ3n) is 4.42. The first-order chi connectivity index (χ1) is 11.6. The van der Waals surface area contributed by atoms with E-state index in [2.05, 4.69) is 36.2 Å². The quantitative estimate of drug-likeness (QED) is 0.518. The Bertz CT molecular complexity index is 1050. The van der Waals surface area contributed by atoms with E-state index in [-0.39, 0.29) is 5.82 Å². The number of rotatable bonds is 3. The summed E-state index contributed by atoms with van der Waals surface area (Å²) in [7, 11) is 0. The number of hydrogen-bond acceptors (Lipinski definition) is 1. The Morgan fingerprint density at radius 1 is 0.958 bits per heavy atom. The van der Waals surface area contributed by atoms with Crippen molar-refractivity contribution in [1.29, 1.82) is 0 Å². The maximum absolute atomic E-state index is 13.3. The molecular weight excluding hydrogens is 301 g/mol. The highest BCUT2D eigenvalue weighted by Gasteiger charge is 2.10. The molecule has 4 rings (SSSR count). The Morgan fingerprint density at radius 3 is 2.62 bits per heavy atom. The number of hydrogen-bond donors (Lipinski definition) is 1. The number of nitrogens with one attached hydrogen (secondary N) is 1. The molecule has 3 heteroatoms. The Labute approximate surface area is 139 Å². The van der Waals surface area contributed by atoms with Gasteiger partial charge in [0.2, 0.25) is 0 Å². The minimum atomic E-state index is -0.241. The van der Waals surface area contributed by atoms with Crippen LogP contribution in [0, 0.1) is 19.7 Å². The van der Waals surface area contributed by atoms with Gasteiger partial charge in [-0.25, -0.2) is 4.39 Å². The molecule has 0 amide bonds. The molecular formula is C21H18FNO. The smallest absolute Gasteiger partial charge is 0.124 e. The van der Waals surface area contributed by atoms with E-state index in [0.29, 0.717) is 6.61 Å². The highest BCUT2D eigenvalue weighted by Crippen LogP contribution is 2.33. The number of halogens is 1. The van der Waals surface area contributed by atoms with Gasteiger partial charge in [-0.05, 0) is 55.3 Å². The van der Waals surface area contributed by atoms with Crippen LogP contribution in [0.5, 0.6) is 5.75 Å². The van der Waals surface area contributed by atoms with Crippen molar-refractivity contribution in [2.75, 3.05) is 0 Å². The van der Waals surface area contributed by atoms with Gasteiger partial charge < -0.3 is 9.72 Å². The fourth-order valence-corrected chi connectivity index (χ4v) is 3.15. The van der Waals surface area contributed by atoms with Crippen molar-refractivity contribution in [3.05, 3.63) is 77.1 Å². The first-order valence-corrected chi connectivity index (χ1v) is 8.01. The van der Waals surface area contributed by atoms with Gasteiger partial charge in [0.05, 0.1) is 5.52 Å². The van der Waals surface area contributed by atoms with Crippen LogP contribution >= 0.6 is 0 Å². The van der Waals surface area contributed by atoms with Gasteiger partial charge in [-0.15, -0.1) is 0 Å².